The van der Waals surface area contributed by atoms with Crippen molar-refractivity contribution in [1.82, 2.24) is 0 Å². The van der Waals surface area contributed by atoms with E-state index in [0.29, 0.717) is 17.0 Å². The fourth-order valence-corrected chi connectivity index (χ4v) is 2.77. The first-order valence-electron chi connectivity index (χ1n) is 7.03. The predicted molar refractivity (Wildman–Crippen MR) is 83.7 cm³/mol. The fraction of sp³-hybridized carbons (Fsp3) is 0.278. The minimum absolute atomic E-state index is 0.0455. The Kier molecular flexibility index (Phi) is 4.32. The molecular weight excluding hydrogens is 264 g/mol. The predicted octanol–water partition coefficient (Wildman–Crippen LogP) is 4.12. The van der Waals surface area contributed by atoms with E-state index in [1.54, 1.807) is 18.2 Å². The van der Waals surface area contributed by atoms with Gasteiger partial charge in [0, 0.05) is 5.56 Å². The molecule has 3 heteroatoms. The lowest BCUT2D eigenvalue weighted by Gasteiger charge is -2.17. The summed E-state index contributed by atoms with van der Waals surface area (Å²) in [5.41, 5.74) is 4.70. The van der Waals surface area contributed by atoms with E-state index >= 15 is 0 Å². The van der Waals surface area contributed by atoms with Crippen LogP contribution in [0.4, 0.5) is 0 Å². The highest BCUT2D eigenvalue weighted by molar-refractivity contribution is 5.77. The minimum Gasteiger partial charge on any atom is -0.507 e. The fourth-order valence-electron chi connectivity index (χ4n) is 2.77. The Morgan fingerprint density at radius 3 is 2.48 bits per heavy atom. The third-order valence-electron chi connectivity index (χ3n) is 3.61. The van der Waals surface area contributed by atoms with Gasteiger partial charge in [0.2, 0.25) is 0 Å². The average Bonchev–Trinajstić information content (AvgIpc) is 2.39. The molecule has 110 valence electrons. The van der Waals surface area contributed by atoms with Crippen LogP contribution in [-0.2, 0) is 11.2 Å². The largest absolute Gasteiger partial charge is 0.507 e. The third-order valence-corrected chi connectivity index (χ3v) is 3.61. The highest BCUT2D eigenvalue weighted by Gasteiger charge is 2.15. The highest BCUT2D eigenvalue weighted by Crippen LogP contribution is 2.37. The topological polar surface area (TPSA) is 57.5 Å². The van der Waals surface area contributed by atoms with Gasteiger partial charge < -0.3 is 10.2 Å². The van der Waals surface area contributed by atoms with Crippen molar-refractivity contribution in [2.24, 2.45) is 0 Å². The maximum absolute atomic E-state index is 10.9. The van der Waals surface area contributed by atoms with Gasteiger partial charge in [-0.05, 0) is 47.2 Å². The molecule has 0 aliphatic rings. The molecule has 21 heavy (non-hydrogen) atoms. The van der Waals surface area contributed by atoms with E-state index in [1.807, 2.05) is 12.1 Å². The molecule has 3 nitrogen and oxygen atoms in total. The Hall–Kier alpha value is -2.29. The molecule has 0 aliphatic carbocycles. The van der Waals surface area contributed by atoms with E-state index in [0.717, 1.165) is 5.56 Å². The van der Waals surface area contributed by atoms with Crippen LogP contribution in [0.15, 0.2) is 36.4 Å². The smallest absolute Gasteiger partial charge is 0.307 e. The molecule has 0 fully saturated rings. The van der Waals surface area contributed by atoms with Crippen LogP contribution in [0.1, 0.15) is 36.5 Å². The first kappa shape index (κ1) is 15.1. The first-order valence-corrected chi connectivity index (χ1v) is 7.03. The Morgan fingerprint density at radius 2 is 1.86 bits per heavy atom. The van der Waals surface area contributed by atoms with Crippen LogP contribution in [0.25, 0.3) is 11.1 Å². The lowest BCUT2D eigenvalue weighted by atomic mass is 9.88. The second-order valence-corrected chi connectivity index (χ2v) is 5.61. The SMILES string of the molecule is Cc1cccc(-c2cc(CC(=O)O)ccc2O)c1C(C)C. The number of aryl methyl sites for hydroxylation is 1. The van der Waals surface area contributed by atoms with Gasteiger partial charge in [0.25, 0.3) is 0 Å². The number of carboxylic acid groups (broad SMARTS) is 1. The number of phenolic OH excluding ortho intramolecular Hbond substituents is 1. The summed E-state index contributed by atoms with van der Waals surface area (Å²) < 4.78 is 0. The molecule has 0 heterocycles. The Labute approximate surface area is 124 Å². The zero-order chi connectivity index (χ0) is 15.6. The molecular formula is C18H20O3. The van der Waals surface area contributed by atoms with Crippen LogP contribution < -0.4 is 0 Å². The van der Waals surface area contributed by atoms with Gasteiger partial charge in [0.05, 0.1) is 6.42 Å². The number of phenols is 1. The molecule has 2 rings (SSSR count). The van der Waals surface area contributed by atoms with Gasteiger partial charge in [-0.3, -0.25) is 4.79 Å². The van der Waals surface area contributed by atoms with Gasteiger partial charge in [-0.1, -0.05) is 38.1 Å². The van der Waals surface area contributed by atoms with Crippen molar-refractivity contribution in [3.05, 3.63) is 53.1 Å². The zero-order valence-corrected chi connectivity index (χ0v) is 12.6. The van der Waals surface area contributed by atoms with Crippen molar-refractivity contribution in [3.8, 4) is 16.9 Å². The number of rotatable bonds is 4. The summed E-state index contributed by atoms with van der Waals surface area (Å²) in [6.07, 6.45) is -0.0455. The summed E-state index contributed by atoms with van der Waals surface area (Å²) in [7, 11) is 0. The van der Waals surface area contributed by atoms with Gasteiger partial charge in [0.1, 0.15) is 5.75 Å². The number of aliphatic carboxylic acids is 1. The normalized spacial score (nSPS) is 10.9. The lowest BCUT2D eigenvalue weighted by Crippen LogP contribution is -2.01. The van der Waals surface area contributed by atoms with Crippen molar-refractivity contribution in [1.29, 1.82) is 0 Å². The van der Waals surface area contributed by atoms with Crippen molar-refractivity contribution >= 4 is 5.97 Å². The second-order valence-electron chi connectivity index (χ2n) is 5.61. The number of carbonyl (C=O) groups is 1. The molecule has 2 N–H and O–H groups in total. The number of carboxylic acids is 1. The van der Waals surface area contributed by atoms with Crippen LogP contribution in [0, 0.1) is 6.92 Å². The average molecular weight is 284 g/mol. The van der Waals surface area contributed by atoms with E-state index in [2.05, 4.69) is 26.8 Å². The van der Waals surface area contributed by atoms with E-state index in [-0.39, 0.29) is 12.2 Å². The summed E-state index contributed by atoms with van der Waals surface area (Å²) in [5.74, 6) is -0.375. The van der Waals surface area contributed by atoms with Crippen LogP contribution in [-0.4, -0.2) is 16.2 Å². The van der Waals surface area contributed by atoms with Crippen molar-refractivity contribution in [2.75, 3.05) is 0 Å². The van der Waals surface area contributed by atoms with E-state index < -0.39 is 5.97 Å². The molecule has 0 aliphatic heterocycles. The summed E-state index contributed by atoms with van der Waals surface area (Å²) in [5, 5.41) is 19.1. The molecule has 2 aromatic rings. The van der Waals surface area contributed by atoms with Crippen LogP contribution in [0.3, 0.4) is 0 Å². The summed E-state index contributed by atoms with van der Waals surface area (Å²) >= 11 is 0. The molecule has 0 radical (unpaired) electrons. The highest BCUT2D eigenvalue weighted by atomic mass is 16.4. The summed E-state index contributed by atoms with van der Waals surface area (Å²) in [4.78, 5) is 10.9. The van der Waals surface area contributed by atoms with Gasteiger partial charge in [-0.2, -0.15) is 0 Å². The molecule has 0 atom stereocenters. The molecule has 0 amide bonds. The molecule has 0 unspecified atom stereocenters. The van der Waals surface area contributed by atoms with Crippen LogP contribution >= 0.6 is 0 Å². The van der Waals surface area contributed by atoms with E-state index in [9.17, 15) is 9.90 Å². The minimum atomic E-state index is -0.875. The molecule has 0 spiro atoms. The Bertz CT molecular complexity index is 672. The maximum atomic E-state index is 10.9. The van der Waals surface area contributed by atoms with Crippen LogP contribution in [0.2, 0.25) is 0 Å². The van der Waals surface area contributed by atoms with E-state index in [1.165, 1.54) is 11.1 Å². The number of benzene rings is 2. The number of hydrogen-bond acceptors (Lipinski definition) is 2. The number of hydrogen-bond donors (Lipinski definition) is 2. The van der Waals surface area contributed by atoms with Gasteiger partial charge >= 0.3 is 5.97 Å². The molecule has 0 saturated carbocycles. The van der Waals surface area contributed by atoms with Gasteiger partial charge in [-0.25, -0.2) is 0 Å². The second kappa shape index (κ2) is 6.00. The molecule has 0 aromatic heterocycles. The summed E-state index contributed by atoms with van der Waals surface area (Å²) in [6, 6.07) is 11.0. The van der Waals surface area contributed by atoms with Gasteiger partial charge in [0.15, 0.2) is 0 Å². The molecule has 0 saturated heterocycles. The summed E-state index contributed by atoms with van der Waals surface area (Å²) in [6.45, 7) is 6.28. The molecule has 2 aromatic carbocycles. The first-order chi connectivity index (χ1) is 9.90. The van der Waals surface area contributed by atoms with Gasteiger partial charge in [-0.15, -0.1) is 0 Å². The molecule has 0 bridgehead atoms. The standard InChI is InChI=1S/C18H20O3/c1-11(2)18-12(3)5-4-6-14(18)15-9-13(10-17(20)21)7-8-16(15)19/h4-9,11,19H,10H2,1-3H3,(H,20,21). The van der Waals surface area contributed by atoms with Crippen molar-refractivity contribution < 1.29 is 15.0 Å². The van der Waals surface area contributed by atoms with E-state index in [4.69, 9.17) is 5.11 Å². The van der Waals surface area contributed by atoms with Crippen LogP contribution in [0.5, 0.6) is 5.75 Å². The van der Waals surface area contributed by atoms with Crippen molar-refractivity contribution in [3.63, 3.8) is 0 Å². The third kappa shape index (κ3) is 3.24. The maximum Gasteiger partial charge on any atom is 0.307 e. The number of aromatic hydroxyl groups is 1. The monoisotopic (exact) mass is 284 g/mol. The Morgan fingerprint density at radius 1 is 1.14 bits per heavy atom. The lowest BCUT2D eigenvalue weighted by molar-refractivity contribution is -0.136. The quantitative estimate of drug-likeness (QED) is 0.888. The zero-order valence-electron chi connectivity index (χ0n) is 12.6. The van der Waals surface area contributed by atoms with Crippen molar-refractivity contribution in [2.45, 2.75) is 33.1 Å². The Balaban J connectivity index is 2.61.